The Kier molecular flexibility index (Phi) is 3.40. The van der Waals surface area contributed by atoms with Crippen LogP contribution in [0.4, 0.5) is 0 Å². The van der Waals surface area contributed by atoms with Gasteiger partial charge in [0.05, 0.1) is 5.69 Å². The second-order valence-corrected chi connectivity index (χ2v) is 7.40. The Bertz CT molecular complexity index is 865. The highest BCUT2D eigenvalue weighted by atomic mass is 15.3. The third-order valence-corrected chi connectivity index (χ3v) is 6.01. The first-order chi connectivity index (χ1) is 12.3. The highest BCUT2D eigenvalue weighted by Crippen LogP contribution is 2.50. The molecule has 0 spiro atoms. The largest absolute Gasteiger partial charge is 0.241 e. The number of aromatic nitrogens is 5. The molecule has 3 aliphatic rings. The molecule has 0 N–H and O–H groups in total. The molecular formula is C20H21N5. The van der Waals surface area contributed by atoms with E-state index < -0.39 is 0 Å². The fourth-order valence-electron chi connectivity index (χ4n) is 4.48. The fraction of sp³-hybridized carbons (Fsp3) is 0.400. The van der Waals surface area contributed by atoms with E-state index in [0.29, 0.717) is 0 Å². The molecule has 6 rings (SSSR count). The van der Waals surface area contributed by atoms with Crippen LogP contribution in [0.1, 0.15) is 44.3 Å². The Balaban J connectivity index is 1.52. The standard InChI is InChI=1S/C20H21N5/c1-3-16(13-17(4-1)25-12-2-11-23-25)18-21-14-22-19(24-18)20-8-5-15(6-9-20)7-10-20/h1-4,11-15H,5-10H2. The zero-order chi connectivity index (χ0) is 16.7. The molecular weight excluding hydrogens is 310 g/mol. The lowest BCUT2D eigenvalue weighted by atomic mass is 9.60. The molecule has 2 heterocycles. The lowest BCUT2D eigenvalue weighted by molar-refractivity contribution is 0.128. The van der Waals surface area contributed by atoms with Gasteiger partial charge in [-0.3, -0.25) is 0 Å². The summed E-state index contributed by atoms with van der Waals surface area (Å²) < 4.78 is 1.85. The van der Waals surface area contributed by atoms with Gasteiger partial charge in [0, 0.05) is 23.4 Å². The van der Waals surface area contributed by atoms with E-state index in [0.717, 1.165) is 28.8 Å². The summed E-state index contributed by atoms with van der Waals surface area (Å²) in [7, 11) is 0. The van der Waals surface area contributed by atoms with E-state index in [-0.39, 0.29) is 5.41 Å². The van der Waals surface area contributed by atoms with Crippen molar-refractivity contribution < 1.29 is 0 Å². The summed E-state index contributed by atoms with van der Waals surface area (Å²) >= 11 is 0. The van der Waals surface area contributed by atoms with Gasteiger partial charge in [-0.25, -0.2) is 19.6 Å². The van der Waals surface area contributed by atoms with Crippen molar-refractivity contribution >= 4 is 0 Å². The number of rotatable bonds is 3. The van der Waals surface area contributed by atoms with Gasteiger partial charge >= 0.3 is 0 Å². The maximum Gasteiger partial charge on any atom is 0.163 e. The van der Waals surface area contributed by atoms with Gasteiger partial charge in [0.25, 0.3) is 0 Å². The van der Waals surface area contributed by atoms with Crippen LogP contribution >= 0.6 is 0 Å². The third kappa shape index (κ3) is 2.54. The van der Waals surface area contributed by atoms with E-state index in [1.165, 1.54) is 38.5 Å². The molecule has 0 atom stereocenters. The zero-order valence-corrected chi connectivity index (χ0v) is 14.2. The number of hydrogen-bond donors (Lipinski definition) is 0. The SMILES string of the molecule is c1cc(-c2ncnc(C34CCC(CC3)CC4)n2)cc(-n2cccn2)c1. The Hall–Kier alpha value is -2.56. The number of nitrogens with zero attached hydrogens (tertiary/aromatic N) is 5. The first-order valence-corrected chi connectivity index (χ1v) is 9.12. The first-order valence-electron chi connectivity index (χ1n) is 9.12. The summed E-state index contributed by atoms with van der Waals surface area (Å²) in [5.41, 5.74) is 2.21. The van der Waals surface area contributed by atoms with Crippen LogP contribution in [0.2, 0.25) is 0 Å². The zero-order valence-electron chi connectivity index (χ0n) is 14.2. The van der Waals surface area contributed by atoms with Crippen molar-refractivity contribution in [1.29, 1.82) is 0 Å². The summed E-state index contributed by atoms with van der Waals surface area (Å²) in [6.07, 6.45) is 13.1. The van der Waals surface area contributed by atoms with Crippen molar-refractivity contribution in [2.24, 2.45) is 5.92 Å². The van der Waals surface area contributed by atoms with Crippen LogP contribution in [0.15, 0.2) is 49.1 Å². The van der Waals surface area contributed by atoms with Crippen LogP contribution in [-0.2, 0) is 5.41 Å². The fourth-order valence-corrected chi connectivity index (χ4v) is 4.48. The summed E-state index contributed by atoms with van der Waals surface area (Å²) in [4.78, 5) is 13.9. The van der Waals surface area contributed by atoms with Crippen molar-refractivity contribution in [3.63, 3.8) is 0 Å². The smallest absolute Gasteiger partial charge is 0.163 e. The quantitative estimate of drug-likeness (QED) is 0.729. The van der Waals surface area contributed by atoms with E-state index in [9.17, 15) is 0 Å². The lowest BCUT2D eigenvalue weighted by Gasteiger charge is -2.45. The summed E-state index contributed by atoms with van der Waals surface area (Å²) in [6, 6.07) is 10.1. The van der Waals surface area contributed by atoms with E-state index in [1.54, 1.807) is 12.5 Å². The van der Waals surface area contributed by atoms with Crippen molar-refractivity contribution in [2.45, 2.75) is 43.9 Å². The summed E-state index contributed by atoms with van der Waals surface area (Å²) in [5.74, 6) is 2.70. The lowest BCUT2D eigenvalue weighted by Crippen LogP contribution is -2.39. The van der Waals surface area contributed by atoms with E-state index >= 15 is 0 Å². The molecule has 1 aromatic carbocycles. The molecule has 2 bridgehead atoms. The van der Waals surface area contributed by atoms with Crippen LogP contribution in [0.5, 0.6) is 0 Å². The molecule has 3 saturated carbocycles. The van der Waals surface area contributed by atoms with Gasteiger partial charge in [-0.2, -0.15) is 5.10 Å². The minimum absolute atomic E-state index is 0.187. The van der Waals surface area contributed by atoms with Crippen LogP contribution in [0.25, 0.3) is 17.1 Å². The molecule has 0 saturated heterocycles. The molecule has 5 heteroatoms. The van der Waals surface area contributed by atoms with Gasteiger partial charge in [0.2, 0.25) is 0 Å². The van der Waals surface area contributed by atoms with Crippen LogP contribution in [0, 0.1) is 5.92 Å². The molecule has 0 amide bonds. The van der Waals surface area contributed by atoms with Gasteiger partial charge in [-0.1, -0.05) is 12.1 Å². The highest BCUT2D eigenvalue weighted by molar-refractivity contribution is 5.58. The van der Waals surface area contributed by atoms with Crippen molar-refractivity contribution in [3.8, 4) is 17.1 Å². The third-order valence-electron chi connectivity index (χ3n) is 6.01. The predicted molar refractivity (Wildman–Crippen MR) is 95.3 cm³/mol. The maximum atomic E-state index is 4.90. The van der Waals surface area contributed by atoms with Gasteiger partial charge in [-0.15, -0.1) is 0 Å². The van der Waals surface area contributed by atoms with Crippen molar-refractivity contribution in [3.05, 3.63) is 54.9 Å². The average molecular weight is 331 g/mol. The van der Waals surface area contributed by atoms with Gasteiger partial charge < -0.3 is 0 Å². The number of benzene rings is 1. The molecule has 25 heavy (non-hydrogen) atoms. The topological polar surface area (TPSA) is 56.5 Å². The Morgan fingerprint density at radius 3 is 2.60 bits per heavy atom. The van der Waals surface area contributed by atoms with Gasteiger partial charge in [0.1, 0.15) is 12.2 Å². The molecule has 2 aromatic heterocycles. The first kappa shape index (κ1) is 14.8. The summed E-state index contributed by atoms with van der Waals surface area (Å²) in [5, 5.41) is 4.31. The Labute approximate surface area is 147 Å². The molecule has 126 valence electrons. The molecule has 3 aliphatic carbocycles. The molecule has 0 aliphatic heterocycles. The predicted octanol–water partition coefficient (Wildman–Crippen LogP) is 3.95. The van der Waals surface area contributed by atoms with E-state index in [1.807, 2.05) is 29.1 Å². The monoisotopic (exact) mass is 331 g/mol. The second kappa shape index (κ2) is 5.76. The molecule has 0 radical (unpaired) electrons. The van der Waals surface area contributed by atoms with Crippen LogP contribution in [-0.4, -0.2) is 24.7 Å². The van der Waals surface area contributed by atoms with Crippen molar-refractivity contribution in [1.82, 2.24) is 24.7 Å². The van der Waals surface area contributed by atoms with Crippen molar-refractivity contribution in [2.75, 3.05) is 0 Å². The minimum Gasteiger partial charge on any atom is -0.241 e. The molecule has 5 nitrogen and oxygen atoms in total. The molecule has 3 aromatic rings. The number of fused-ring (bicyclic) bond motifs is 3. The molecule has 3 fully saturated rings. The Morgan fingerprint density at radius 2 is 1.84 bits per heavy atom. The number of hydrogen-bond acceptors (Lipinski definition) is 4. The van der Waals surface area contributed by atoms with E-state index in [2.05, 4.69) is 27.2 Å². The molecule has 0 unspecified atom stereocenters. The van der Waals surface area contributed by atoms with Gasteiger partial charge in [-0.05, 0) is 62.6 Å². The normalized spacial score (nSPS) is 25.2. The maximum absolute atomic E-state index is 4.90. The minimum atomic E-state index is 0.187. The Morgan fingerprint density at radius 1 is 1.00 bits per heavy atom. The highest BCUT2D eigenvalue weighted by Gasteiger charge is 2.43. The van der Waals surface area contributed by atoms with Crippen LogP contribution < -0.4 is 0 Å². The second-order valence-electron chi connectivity index (χ2n) is 7.40. The average Bonchev–Trinajstić information content (AvgIpc) is 3.25. The van der Waals surface area contributed by atoms with Gasteiger partial charge in [0.15, 0.2) is 5.82 Å². The van der Waals surface area contributed by atoms with E-state index in [4.69, 9.17) is 4.98 Å². The van der Waals surface area contributed by atoms with Crippen LogP contribution in [0.3, 0.4) is 0 Å². The summed E-state index contributed by atoms with van der Waals surface area (Å²) in [6.45, 7) is 0.